The van der Waals surface area contributed by atoms with Crippen molar-refractivity contribution in [2.24, 2.45) is 0 Å². The van der Waals surface area contributed by atoms with E-state index in [1.54, 1.807) is 0 Å². The molecule has 0 amide bonds. The lowest BCUT2D eigenvalue weighted by Crippen LogP contribution is -2.24. The highest BCUT2D eigenvalue weighted by Crippen LogP contribution is 2.22. The number of aryl methyl sites for hydroxylation is 2. The van der Waals surface area contributed by atoms with Crippen LogP contribution in [0, 0.1) is 13.8 Å². The first-order valence-corrected chi connectivity index (χ1v) is 7.17. The highest BCUT2D eigenvalue weighted by atomic mass is 35.5. The molecule has 2 aromatic rings. The topological polar surface area (TPSA) is 41.9 Å². The second-order valence-corrected chi connectivity index (χ2v) is 5.04. The lowest BCUT2D eigenvalue weighted by atomic mass is 10.1. The van der Waals surface area contributed by atoms with E-state index in [4.69, 9.17) is 11.6 Å². The summed E-state index contributed by atoms with van der Waals surface area (Å²) >= 11 is 6.04. The van der Waals surface area contributed by atoms with Crippen molar-refractivity contribution < 1.29 is 0 Å². The zero-order valence-corrected chi connectivity index (χ0v) is 13.1. The zero-order valence-electron chi connectivity index (χ0n) is 12.3. The van der Waals surface area contributed by atoms with Gasteiger partial charge in [0.15, 0.2) is 5.82 Å². The Morgan fingerprint density at radius 2 is 1.70 bits per heavy atom. The number of anilines is 1. The van der Waals surface area contributed by atoms with E-state index in [2.05, 4.69) is 59.7 Å². The minimum Gasteiger partial charge on any atom is -0.341 e. The van der Waals surface area contributed by atoms with E-state index in [9.17, 15) is 0 Å². The molecule has 0 bridgehead atoms. The molecular formula is C15H19ClN4. The lowest BCUT2D eigenvalue weighted by molar-refractivity contribution is 0.813. The smallest absolute Gasteiger partial charge is 0.230 e. The van der Waals surface area contributed by atoms with Gasteiger partial charge in [0.05, 0.1) is 0 Å². The molecule has 0 spiro atoms. The Bertz CT molecular complexity index is 609. The van der Waals surface area contributed by atoms with Crippen molar-refractivity contribution in [2.45, 2.75) is 27.7 Å². The summed E-state index contributed by atoms with van der Waals surface area (Å²) in [6.45, 7) is 9.97. The summed E-state index contributed by atoms with van der Waals surface area (Å²) in [4.78, 5) is 15.0. The second-order valence-electron chi connectivity index (χ2n) is 4.70. The van der Waals surface area contributed by atoms with Crippen LogP contribution in [-0.4, -0.2) is 28.0 Å². The van der Waals surface area contributed by atoms with Crippen molar-refractivity contribution in [3.63, 3.8) is 0 Å². The van der Waals surface area contributed by atoms with Gasteiger partial charge in [0.2, 0.25) is 11.2 Å². The largest absolute Gasteiger partial charge is 0.341 e. The lowest BCUT2D eigenvalue weighted by Gasteiger charge is -2.18. The Morgan fingerprint density at radius 3 is 2.30 bits per heavy atom. The fourth-order valence-corrected chi connectivity index (χ4v) is 2.15. The van der Waals surface area contributed by atoms with Crippen LogP contribution in [-0.2, 0) is 0 Å². The van der Waals surface area contributed by atoms with Gasteiger partial charge in [-0.05, 0) is 56.5 Å². The molecule has 0 atom stereocenters. The van der Waals surface area contributed by atoms with Crippen molar-refractivity contribution in [1.29, 1.82) is 0 Å². The highest BCUT2D eigenvalue weighted by Gasteiger charge is 2.11. The van der Waals surface area contributed by atoms with E-state index < -0.39 is 0 Å². The Labute approximate surface area is 124 Å². The van der Waals surface area contributed by atoms with Gasteiger partial charge >= 0.3 is 0 Å². The minimum absolute atomic E-state index is 0.232. The van der Waals surface area contributed by atoms with Crippen LogP contribution in [0.15, 0.2) is 18.2 Å². The number of rotatable bonds is 4. The summed E-state index contributed by atoms with van der Waals surface area (Å²) < 4.78 is 0. The van der Waals surface area contributed by atoms with Gasteiger partial charge in [0, 0.05) is 18.7 Å². The van der Waals surface area contributed by atoms with Gasteiger partial charge in [-0.1, -0.05) is 12.1 Å². The summed E-state index contributed by atoms with van der Waals surface area (Å²) in [6.07, 6.45) is 0. The number of nitrogens with zero attached hydrogens (tertiary/aromatic N) is 4. The van der Waals surface area contributed by atoms with Gasteiger partial charge in [0.25, 0.3) is 0 Å². The van der Waals surface area contributed by atoms with Gasteiger partial charge in [-0.25, -0.2) is 0 Å². The third-order valence-corrected chi connectivity index (χ3v) is 3.58. The third-order valence-electron chi connectivity index (χ3n) is 3.41. The zero-order chi connectivity index (χ0) is 14.7. The van der Waals surface area contributed by atoms with E-state index in [0.29, 0.717) is 11.8 Å². The molecule has 20 heavy (non-hydrogen) atoms. The molecular weight excluding hydrogens is 272 g/mol. The summed E-state index contributed by atoms with van der Waals surface area (Å²) in [6, 6.07) is 6.16. The van der Waals surface area contributed by atoms with Crippen molar-refractivity contribution in [3.05, 3.63) is 34.6 Å². The number of hydrogen-bond acceptors (Lipinski definition) is 4. The first kappa shape index (κ1) is 14.7. The van der Waals surface area contributed by atoms with Crippen LogP contribution in [0.1, 0.15) is 25.0 Å². The first-order chi connectivity index (χ1) is 9.55. The fraction of sp³-hybridized carbons (Fsp3) is 0.400. The van der Waals surface area contributed by atoms with Gasteiger partial charge in [0.1, 0.15) is 0 Å². The second kappa shape index (κ2) is 6.18. The standard InChI is InChI=1S/C15H19ClN4/c1-5-20(6-2)15-18-13(17-14(16)19-15)12-8-7-10(3)11(4)9-12/h7-9H,5-6H2,1-4H3. The normalized spacial score (nSPS) is 10.7. The Balaban J connectivity index is 2.48. The molecule has 0 N–H and O–H groups in total. The number of benzene rings is 1. The van der Waals surface area contributed by atoms with E-state index >= 15 is 0 Å². The molecule has 0 unspecified atom stereocenters. The minimum atomic E-state index is 0.232. The Morgan fingerprint density at radius 1 is 1.00 bits per heavy atom. The van der Waals surface area contributed by atoms with Crippen molar-refractivity contribution >= 4 is 17.5 Å². The van der Waals surface area contributed by atoms with Crippen molar-refractivity contribution in [2.75, 3.05) is 18.0 Å². The molecule has 0 aliphatic rings. The van der Waals surface area contributed by atoms with E-state index in [1.165, 1.54) is 11.1 Å². The molecule has 106 valence electrons. The molecule has 0 radical (unpaired) electrons. The van der Waals surface area contributed by atoms with Crippen LogP contribution < -0.4 is 4.90 Å². The summed E-state index contributed by atoms with van der Waals surface area (Å²) in [5.41, 5.74) is 3.42. The van der Waals surface area contributed by atoms with Gasteiger partial charge in [-0.15, -0.1) is 0 Å². The summed E-state index contributed by atoms with van der Waals surface area (Å²) in [7, 11) is 0. The number of halogens is 1. The molecule has 5 heteroatoms. The maximum absolute atomic E-state index is 6.04. The van der Waals surface area contributed by atoms with Crippen LogP contribution in [0.2, 0.25) is 5.28 Å². The SMILES string of the molecule is CCN(CC)c1nc(Cl)nc(-c2ccc(C)c(C)c2)n1. The average Bonchev–Trinajstić information content (AvgIpc) is 2.42. The molecule has 1 aromatic carbocycles. The third kappa shape index (κ3) is 3.07. The number of hydrogen-bond donors (Lipinski definition) is 0. The predicted molar refractivity (Wildman–Crippen MR) is 83.3 cm³/mol. The summed E-state index contributed by atoms with van der Waals surface area (Å²) in [5.74, 6) is 1.25. The van der Waals surface area contributed by atoms with Gasteiger partial charge in [-0.3, -0.25) is 0 Å². The molecule has 0 aliphatic carbocycles. The molecule has 0 saturated carbocycles. The Hall–Kier alpha value is -1.68. The van der Waals surface area contributed by atoms with E-state index in [1.807, 2.05) is 6.07 Å². The molecule has 4 nitrogen and oxygen atoms in total. The van der Waals surface area contributed by atoms with E-state index in [-0.39, 0.29) is 5.28 Å². The van der Waals surface area contributed by atoms with Gasteiger partial charge < -0.3 is 4.90 Å². The maximum Gasteiger partial charge on any atom is 0.230 e. The van der Waals surface area contributed by atoms with Crippen LogP contribution in [0.3, 0.4) is 0 Å². The van der Waals surface area contributed by atoms with Crippen molar-refractivity contribution in [3.8, 4) is 11.4 Å². The number of aromatic nitrogens is 3. The quantitative estimate of drug-likeness (QED) is 0.862. The maximum atomic E-state index is 6.04. The van der Waals surface area contributed by atoms with Gasteiger partial charge in [-0.2, -0.15) is 15.0 Å². The molecule has 1 aromatic heterocycles. The Kier molecular flexibility index (Phi) is 4.55. The predicted octanol–water partition coefficient (Wildman–Crippen LogP) is 3.66. The highest BCUT2D eigenvalue weighted by molar-refractivity contribution is 6.28. The summed E-state index contributed by atoms with van der Waals surface area (Å²) in [5, 5.41) is 0.232. The van der Waals surface area contributed by atoms with Crippen LogP contribution in [0.25, 0.3) is 11.4 Å². The van der Waals surface area contributed by atoms with Crippen LogP contribution in [0.4, 0.5) is 5.95 Å². The molecule has 2 rings (SSSR count). The first-order valence-electron chi connectivity index (χ1n) is 6.79. The average molecular weight is 291 g/mol. The van der Waals surface area contributed by atoms with E-state index in [0.717, 1.165) is 18.7 Å². The molecule has 1 heterocycles. The van der Waals surface area contributed by atoms with Crippen molar-refractivity contribution in [1.82, 2.24) is 15.0 Å². The molecule has 0 aliphatic heterocycles. The molecule has 0 fully saturated rings. The fourth-order valence-electron chi connectivity index (χ4n) is 2.00. The van der Waals surface area contributed by atoms with Crippen LogP contribution >= 0.6 is 11.6 Å². The monoisotopic (exact) mass is 290 g/mol. The molecule has 0 saturated heterocycles. The van der Waals surface area contributed by atoms with Crippen LogP contribution in [0.5, 0.6) is 0 Å².